The maximum atomic E-state index is 13.8. The van der Waals surface area contributed by atoms with E-state index in [1.54, 1.807) is 30.3 Å². The van der Waals surface area contributed by atoms with Crippen molar-refractivity contribution in [3.63, 3.8) is 0 Å². The summed E-state index contributed by atoms with van der Waals surface area (Å²) in [6.07, 6.45) is -0.205. The lowest BCUT2D eigenvalue weighted by Gasteiger charge is -2.10. The Morgan fingerprint density at radius 2 is 1.95 bits per heavy atom. The molecule has 0 unspecified atom stereocenters. The van der Waals surface area contributed by atoms with Gasteiger partial charge in [0.25, 0.3) is 0 Å². The van der Waals surface area contributed by atoms with E-state index in [1.165, 1.54) is 12.1 Å². The van der Waals surface area contributed by atoms with Crippen molar-refractivity contribution in [1.82, 2.24) is 0 Å². The summed E-state index contributed by atoms with van der Waals surface area (Å²) < 4.78 is 13.8. The van der Waals surface area contributed by atoms with Gasteiger partial charge in [0.1, 0.15) is 5.82 Å². The highest BCUT2D eigenvalue weighted by Crippen LogP contribution is 2.26. The minimum absolute atomic E-state index is 0.205. The first-order valence-corrected chi connectivity index (χ1v) is 5.96. The molecule has 2 rings (SSSR count). The van der Waals surface area contributed by atoms with E-state index in [2.05, 4.69) is 5.32 Å². The summed E-state index contributed by atoms with van der Waals surface area (Å²) in [6, 6.07) is 11.2. The third kappa shape index (κ3) is 3.45. The smallest absolute Gasteiger partial charge is 0.307 e. The summed E-state index contributed by atoms with van der Waals surface area (Å²) in [7, 11) is 0. The van der Waals surface area contributed by atoms with E-state index in [-0.39, 0.29) is 12.1 Å². The molecule has 0 aromatic heterocycles. The highest BCUT2D eigenvalue weighted by Gasteiger charge is 2.07. The third-order valence-electron chi connectivity index (χ3n) is 2.53. The number of benzene rings is 2. The molecule has 2 aromatic rings. The normalized spacial score (nSPS) is 10.2. The molecule has 5 heteroatoms. The first kappa shape index (κ1) is 13.4. The summed E-state index contributed by atoms with van der Waals surface area (Å²) in [5, 5.41) is 12.0. The van der Waals surface area contributed by atoms with Crippen LogP contribution in [-0.2, 0) is 11.2 Å². The van der Waals surface area contributed by atoms with Gasteiger partial charge in [-0.2, -0.15) is 0 Å². The molecule has 2 aromatic carbocycles. The molecule has 0 aliphatic carbocycles. The largest absolute Gasteiger partial charge is 0.481 e. The second-order valence-electron chi connectivity index (χ2n) is 3.99. The predicted molar refractivity (Wildman–Crippen MR) is 72.5 cm³/mol. The Balaban J connectivity index is 2.22. The molecular formula is C14H11ClFNO2. The van der Waals surface area contributed by atoms with E-state index in [1.807, 2.05) is 0 Å². The highest BCUT2D eigenvalue weighted by molar-refractivity contribution is 6.33. The van der Waals surface area contributed by atoms with Gasteiger partial charge in [-0.15, -0.1) is 0 Å². The number of carbonyl (C=O) groups is 1. The zero-order valence-electron chi connectivity index (χ0n) is 9.86. The van der Waals surface area contributed by atoms with Crippen LogP contribution in [0.3, 0.4) is 0 Å². The van der Waals surface area contributed by atoms with Gasteiger partial charge in [0, 0.05) is 0 Å². The van der Waals surface area contributed by atoms with Crippen molar-refractivity contribution in [2.45, 2.75) is 6.42 Å². The lowest BCUT2D eigenvalue weighted by atomic mass is 10.1. The van der Waals surface area contributed by atoms with Gasteiger partial charge in [0.2, 0.25) is 0 Å². The Bertz CT molecular complexity index is 616. The molecule has 0 aliphatic rings. The number of rotatable bonds is 4. The van der Waals surface area contributed by atoms with E-state index in [4.69, 9.17) is 16.7 Å². The van der Waals surface area contributed by atoms with E-state index >= 15 is 0 Å². The van der Waals surface area contributed by atoms with Gasteiger partial charge in [-0.25, -0.2) is 4.39 Å². The van der Waals surface area contributed by atoms with Gasteiger partial charge in [0.05, 0.1) is 22.8 Å². The van der Waals surface area contributed by atoms with E-state index in [0.29, 0.717) is 16.3 Å². The molecule has 3 nitrogen and oxygen atoms in total. The predicted octanol–water partition coefficient (Wildman–Crippen LogP) is 3.85. The van der Waals surface area contributed by atoms with Crippen molar-refractivity contribution in [3.8, 4) is 0 Å². The fraction of sp³-hybridized carbons (Fsp3) is 0.0714. The van der Waals surface area contributed by atoms with Crippen molar-refractivity contribution < 1.29 is 14.3 Å². The van der Waals surface area contributed by atoms with Gasteiger partial charge in [-0.05, 0) is 29.8 Å². The van der Waals surface area contributed by atoms with Crippen molar-refractivity contribution >= 4 is 28.9 Å². The van der Waals surface area contributed by atoms with Gasteiger partial charge in [-0.3, -0.25) is 4.79 Å². The van der Waals surface area contributed by atoms with Gasteiger partial charge < -0.3 is 10.4 Å². The maximum Gasteiger partial charge on any atom is 0.307 e. The Labute approximate surface area is 114 Å². The van der Waals surface area contributed by atoms with Crippen LogP contribution in [0, 0.1) is 5.82 Å². The SMILES string of the molecule is O=C(O)Cc1ccc(Nc2ccccc2Cl)c(F)c1. The van der Waals surface area contributed by atoms with Gasteiger partial charge >= 0.3 is 5.97 Å². The number of hydrogen-bond acceptors (Lipinski definition) is 2. The van der Waals surface area contributed by atoms with Gasteiger partial charge in [-0.1, -0.05) is 29.8 Å². The zero-order valence-corrected chi connectivity index (χ0v) is 10.6. The Kier molecular flexibility index (Phi) is 4.02. The molecule has 0 spiro atoms. The number of nitrogens with one attached hydrogen (secondary N) is 1. The van der Waals surface area contributed by atoms with Crippen molar-refractivity contribution in [1.29, 1.82) is 0 Å². The van der Waals surface area contributed by atoms with Crippen LogP contribution in [0.15, 0.2) is 42.5 Å². The third-order valence-corrected chi connectivity index (χ3v) is 2.86. The number of aliphatic carboxylic acids is 1. The number of halogens is 2. The highest BCUT2D eigenvalue weighted by atomic mass is 35.5. The monoisotopic (exact) mass is 279 g/mol. The Hall–Kier alpha value is -2.07. The molecule has 0 atom stereocenters. The fourth-order valence-corrected chi connectivity index (χ4v) is 1.84. The van der Waals surface area contributed by atoms with Crippen LogP contribution >= 0.6 is 11.6 Å². The lowest BCUT2D eigenvalue weighted by Crippen LogP contribution is -2.01. The molecule has 2 N–H and O–H groups in total. The minimum Gasteiger partial charge on any atom is -0.481 e. The number of anilines is 2. The van der Waals surface area contributed by atoms with Crippen molar-refractivity contribution in [2.75, 3.05) is 5.32 Å². The maximum absolute atomic E-state index is 13.8. The number of carboxylic acid groups (broad SMARTS) is 1. The average molecular weight is 280 g/mol. The average Bonchev–Trinajstić information content (AvgIpc) is 2.34. The molecule has 0 fully saturated rings. The molecule has 98 valence electrons. The minimum atomic E-state index is -0.994. The Morgan fingerprint density at radius 3 is 2.58 bits per heavy atom. The molecule has 0 bridgehead atoms. The molecule has 0 heterocycles. The topological polar surface area (TPSA) is 49.3 Å². The molecule has 19 heavy (non-hydrogen) atoms. The molecule has 0 saturated heterocycles. The molecule has 0 saturated carbocycles. The summed E-state index contributed by atoms with van der Waals surface area (Å²) in [5.74, 6) is -1.51. The molecule has 0 aliphatic heterocycles. The number of hydrogen-bond donors (Lipinski definition) is 2. The first-order valence-electron chi connectivity index (χ1n) is 5.58. The Morgan fingerprint density at radius 1 is 1.21 bits per heavy atom. The standard InChI is InChI=1S/C14H11ClFNO2/c15-10-3-1-2-4-12(10)17-13-6-5-9(7-11(13)16)8-14(18)19/h1-7,17H,8H2,(H,18,19). The van der Waals surface area contributed by atoms with Gasteiger partial charge in [0.15, 0.2) is 0 Å². The first-order chi connectivity index (χ1) is 9.06. The molecule has 0 radical (unpaired) electrons. The summed E-state index contributed by atoms with van der Waals surface area (Å²) >= 11 is 5.96. The fourth-order valence-electron chi connectivity index (χ4n) is 1.65. The van der Waals surface area contributed by atoms with Crippen molar-refractivity contribution in [2.24, 2.45) is 0 Å². The van der Waals surface area contributed by atoms with Crippen LogP contribution in [-0.4, -0.2) is 11.1 Å². The number of carboxylic acids is 1. The second kappa shape index (κ2) is 5.71. The van der Waals surface area contributed by atoms with Crippen LogP contribution in [0.25, 0.3) is 0 Å². The van der Waals surface area contributed by atoms with Crippen LogP contribution < -0.4 is 5.32 Å². The summed E-state index contributed by atoms with van der Waals surface area (Å²) in [6.45, 7) is 0. The van der Waals surface area contributed by atoms with Crippen molar-refractivity contribution in [3.05, 3.63) is 58.9 Å². The quantitative estimate of drug-likeness (QED) is 0.894. The van der Waals surface area contributed by atoms with Crippen LogP contribution in [0.1, 0.15) is 5.56 Å². The van der Waals surface area contributed by atoms with E-state index in [9.17, 15) is 9.18 Å². The number of para-hydroxylation sites is 1. The van der Waals surface area contributed by atoms with E-state index < -0.39 is 11.8 Å². The van der Waals surface area contributed by atoms with Crippen LogP contribution in [0.5, 0.6) is 0 Å². The van der Waals surface area contributed by atoms with Crippen LogP contribution in [0.2, 0.25) is 5.02 Å². The lowest BCUT2D eigenvalue weighted by molar-refractivity contribution is -0.136. The van der Waals surface area contributed by atoms with Crippen LogP contribution in [0.4, 0.5) is 15.8 Å². The molecule has 0 amide bonds. The zero-order chi connectivity index (χ0) is 13.8. The summed E-state index contributed by atoms with van der Waals surface area (Å²) in [5.41, 5.74) is 1.26. The summed E-state index contributed by atoms with van der Waals surface area (Å²) in [4.78, 5) is 10.5. The van der Waals surface area contributed by atoms with E-state index in [0.717, 1.165) is 0 Å². The molecular weight excluding hydrogens is 269 g/mol. The second-order valence-corrected chi connectivity index (χ2v) is 4.40.